The van der Waals surface area contributed by atoms with Gasteiger partial charge in [-0.25, -0.2) is 4.79 Å². The van der Waals surface area contributed by atoms with E-state index in [0.29, 0.717) is 16.3 Å². The molecular formula is C12H11ClN2O3. The molecule has 0 unspecified atom stereocenters. The van der Waals surface area contributed by atoms with Crippen LogP contribution in [-0.4, -0.2) is 24.2 Å². The summed E-state index contributed by atoms with van der Waals surface area (Å²) < 4.78 is 4.81. The number of hydrogen-bond acceptors (Lipinski definition) is 4. The zero-order chi connectivity index (χ0) is 13.3. The fraction of sp³-hybridized carbons (Fsp3) is 0.250. The minimum absolute atomic E-state index is 0.102. The Morgan fingerprint density at radius 3 is 2.83 bits per heavy atom. The summed E-state index contributed by atoms with van der Waals surface area (Å²) in [7, 11) is 0. The molecule has 0 spiro atoms. The number of amides is 1. The molecular weight excluding hydrogens is 256 g/mol. The van der Waals surface area contributed by atoms with Crippen LogP contribution < -0.4 is 5.32 Å². The summed E-state index contributed by atoms with van der Waals surface area (Å²) in [5, 5.41) is 10.8. The molecule has 1 heterocycles. The number of carbonyl (C=O) groups is 2. The van der Waals surface area contributed by atoms with Gasteiger partial charge in [-0.15, -0.1) is 0 Å². The van der Waals surface area contributed by atoms with Crippen molar-refractivity contribution < 1.29 is 14.3 Å². The molecule has 0 radical (unpaired) electrons. The molecule has 2 rings (SSSR count). The minimum atomic E-state index is -0.631. The van der Waals surface area contributed by atoms with Gasteiger partial charge in [0.15, 0.2) is 0 Å². The van der Waals surface area contributed by atoms with E-state index in [9.17, 15) is 9.59 Å². The lowest BCUT2D eigenvalue weighted by Gasteiger charge is -2.14. The van der Waals surface area contributed by atoms with Gasteiger partial charge in [-0.3, -0.25) is 10.2 Å². The molecule has 1 aliphatic rings. The van der Waals surface area contributed by atoms with Gasteiger partial charge >= 0.3 is 5.97 Å². The van der Waals surface area contributed by atoms with Crippen molar-refractivity contribution in [3.05, 3.63) is 28.8 Å². The zero-order valence-electron chi connectivity index (χ0n) is 9.62. The van der Waals surface area contributed by atoms with Crippen LogP contribution >= 0.6 is 11.6 Å². The molecule has 0 aliphatic carbocycles. The van der Waals surface area contributed by atoms with Crippen LogP contribution in [0.5, 0.6) is 0 Å². The molecule has 1 amide bonds. The van der Waals surface area contributed by atoms with Gasteiger partial charge in [0.25, 0.3) is 0 Å². The van der Waals surface area contributed by atoms with Gasteiger partial charge in [0.05, 0.1) is 5.92 Å². The lowest BCUT2D eigenvalue weighted by atomic mass is 9.95. The van der Waals surface area contributed by atoms with E-state index in [0.717, 1.165) is 0 Å². The van der Waals surface area contributed by atoms with E-state index in [1.54, 1.807) is 18.2 Å². The molecule has 1 atom stereocenters. The summed E-state index contributed by atoms with van der Waals surface area (Å²) in [5.74, 6) is -1.35. The third-order valence-electron chi connectivity index (χ3n) is 2.65. The van der Waals surface area contributed by atoms with Crippen LogP contribution in [-0.2, 0) is 14.3 Å². The van der Waals surface area contributed by atoms with Gasteiger partial charge in [0.2, 0.25) is 5.91 Å². The standard InChI is InChI=1S/C12H11ClN2O3/c1-6(16)15-10-3-2-7(13)4-8(10)9-5-18-12(17)11(9)14/h2-4,9,14H,5H2,1H3,(H,15,16)/t9-/m1/s1. The summed E-state index contributed by atoms with van der Waals surface area (Å²) in [6.07, 6.45) is 0. The molecule has 1 aliphatic heterocycles. The fourth-order valence-corrected chi connectivity index (χ4v) is 2.01. The predicted octanol–water partition coefficient (Wildman–Crippen LogP) is 1.96. The molecule has 18 heavy (non-hydrogen) atoms. The summed E-state index contributed by atoms with van der Waals surface area (Å²) in [6.45, 7) is 1.49. The van der Waals surface area contributed by atoms with Gasteiger partial charge in [0, 0.05) is 17.6 Å². The normalized spacial score (nSPS) is 18.7. The van der Waals surface area contributed by atoms with E-state index in [1.165, 1.54) is 6.92 Å². The quantitative estimate of drug-likeness (QED) is 0.803. The summed E-state index contributed by atoms with van der Waals surface area (Å²) in [4.78, 5) is 22.3. The Balaban J connectivity index is 2.42. The van der Waals surface area contributed by atoms with Crippen LogP contribution in [0.15, 0.2) is 18.2 Å². The van der Waals surface area contributed by atoms with Crippen molar-refractivity contribution in [1.29, 1.82) is 5.41 Å². The van der Waals surface area contributed by atoms with Gasteiger partial charge < -0.3 is 10.1 Å². The Morgan fingerprint density at radius 2 is 2.28 bits per heavy atom. The first-order chi connectivity index (χ1) is 8.49. The SMILES string of the molecule is CC(=O)Nc1ccc(Cl)cc1[C@H]1COC(=O)C1=N. The molecule has 2 N–H and O–H groups in total. The first-order valence-electron chi connectivity index (χ1n) is 5.31. The number of halogens is 1. The molecule has 0 saturated carbocycles. The average Bonchev–Trinajstić information content (AvgIpc) is 2.62. The Kier molecular flexibility index (Phi) is 3.34. The topological polar surface area (TPSA) is 79.2 Å². The van der Waals surface area contributed by atoms with Crippen molar-refractivity contribution >= 4 is 34.9 Å². The van der Waals surface area contributed by atoms with Gasteiger partial charge in [-0.05, 0) is 23.8 Å². The van der Waals surface area contributed by atoms with Crippen molar-refractivity contribution in [2.45, 2.75) is 12.8 Å². The smallest absolute Gasteiger partial charge is 0.352 e. The van der Waals surface area contributed by atoms with E-state index in [2.05, 4.69) is 5.32 Å². The summed E-state index contributed by atoms with van der Waals surface area (Å²) in [6, 6.07) is 4.92. The van der Waals surface area contributed by atoms with E-state index < -0.39 is 11.9 Å². The molecule has 0 bridgehead atoms. The summed E-state index contributed by atoms with van der Waals surface area (Å²) in [5.41, 5.74) is 1.04. The number of benzene rings is 1. The van der Waals surface area contributed by atoms with Crippen LogP contribution in [0.1, 0.15) is 18.4 Å². The van der Waals surface area contributed by atoms with Gasteiger partial charge in [-0.1, -0.05) is 11.6 Å². The first kappa shape index (κ1) is 12.6. The second kappa shape index (κ2) is 4.78. The number of cyclic esters (lactones) is 1. The zero-order valence-corrected chi connectivity index (χ0v) is 10.4. The van der Waals surface area contributed by atoms with Crippen molar-refractivity contribution in [3.8, 4) is 0 Å². The van der Waals surface area contributed by atoms with Crippen molar-refractivity contribution in [2.75, 3.05) is 11.9 Å². The Hall–Kier alpha value is -1.88. The highest BCUT2D eigenvalue weighted by atomic mass is 35.5. The van der Waals surface area contributed by atoms with Crippen LogP contribution in [0.25, 0.3) is 0 Å². The number of anilines is 1. The number of rotatable bonds is 2. The minimum Gasteiger partial charge on any atom is -0.460 e. The maximum Gasteiger partial charge on any atom is 0.352 e. The van der Waals surface area contributed by atoms with Crippen molar-refractivity contribution in [3.63, 3.8) is 0 Å². The first-order valence-corrected chi connectivity index (χ1v) is 5.69. The van der Waals surface area contributed by atoms with Crippen LogP contribution in [0.4, 0.5) is 5.69 Å². The van der Waals surface area contributed by atoms with Crippen LogP contribution in [0, 0.1) is 5.41 Å². The van der Waals surface area contributed by atoms with E-state index >= 15 is 0 Å². The van der Waals surface area contributed by atoms with Crippen LogP contribution in [0.3, 0.4) is 0 Å². The average molecular weight is 267 g/mol. The Morgan fingerprint density at radius 1 is 1.56 bits per heavy atom. The lowest BCUT2D eigenvalue weighted by molar-refractivity contribution is -0.132. The van der Waals surface area contributed by atoms with Crippen molar-refractivity contribution in [2.24, 2.45) is 0 Å². The molecule has 1 aromatic carbocycles. The van der Waals surface area contributed by atoms with Crippen LogP contribution in [0.2, 0.25) is 5.02 Å². The molecule has 1 saturated heterocycles. The third-order valence-corrected chi connectivity index (χ3v) is 2.88. The highest BCUT2D eigenvalue weighted by molar-refractivity contribution is 6.39. The Labute approximate surface area is 109 Å². The maximum atomic E-state index is 11.2. The second-order valence-electron chi connectivity index (χ2n) is 3.98. The molecule has 6 heteroatoms. The Bertz CT molecular complexity index is 542. The number of ether oxygens (including phenoxy) is 1. The van der Waals surface area contributed by atoms with Gasteiger partial charge in [0.1, 0.15) is 12.3 Å². The molecule has 94 valence electrons. The van der Waals surface area contributed by atoms with E-state index in [4.69, 9.17) is 21.7 Å². The molecule has 5 nitrogen and oxygen atoms in total. The molecule has 0 aromatic heterocycles. The number of carbonyl (C=O) groups excluding carboxylic acids is 2. The number of hydrogen-bond donors (Lipinski definition) is 2. The van der Waals surface area contributed by atoms with Crippen molar-refractivity contribution in [1.82, 2.24) is 0 Å². The highest BCUT2D eigenvalue weighted by Crippen LogP contribution is 2.31. The maximum absolute atomic E-state index is 11.2. The summed E-state index contributed by atoms with van der Waals surface area (Å²) >= 11 is 5.91. The predicted molar refractivity (Wildman–Crippen MR) is 67.2 cm³/mol. The lowest BCUT2D eigenvalue weighted by Crippen LogP contribution is -2.16. The van der Waals surface area contributed by atoms with Gasteiger partial charge in [-0.2, -0.15) is 0 Å². The number of nitrogens with one attached hydrogen (secondary N) is 2. The molecule has 1 fully saturated rings. The van der Waals surface area contributed by atoms with E-state index in [-0.39, 0.29) is 18.2 Å². The second-order valence-corrected chi connectivity index (χ2v) is 4.41. The largest absolute Gasteiger partial charge is 0.460 e. The highest BCUT2D eigenvalue weighted by Gasteiger charge is 2.33. The monoisotopic (exact) mass is 266 g/mol. The fourth-order valence-electron chi connectivity index (χ4n) is 1.83. The number of esters is 1. The molecule has 1 aromatic rings. The van der Waals surface area contributed by atoms with E-state index in [1.807, 2.05) is 0 Å². The third kappa shape index (κ3) is 2.36.